The minimum absolute atomic E-state index is 0.0371. The molecule has 1 saturated heterocycles. The first kappa shape index (κ1) is 23.0. The van der Waals surface area contributed by atoms with Crippen molar-refractivity contribution in [3.63, 3.8) is 0 Å². The van der Waals surface area contributed by atoms with E-state index >= 15 is 0 Å². The lowest BCUT2D eigenvalue weighted by molar-refractivity contribution is 0.00764. The minimum Gasteiger partial charge on any atom is -0.444 e. The Labute approximate surface area is 197 Å². The topological polar surface area (TPSA) is 69.5 Å². The molecule has 1 atom stereocenters. The van der Waals surface area contributed by atoms with Gasteiger partial charge < -0.3 is 18.9 Å². The van der Waals surface area contributed by atoms with Crippen LogP contribution in [0.4, 0.5) is 4.79 Å². The molecule has 0 N–H and O–H groups in total. The Kier molecular flexibility index (Phi) is 6.72. The number of fused-ring (bicyclic) bond motifs is 3. The lowest BCUT2D eigenvalue weighted by Crippen LogP contribution is -2.48. The molecule has 1 amide bonds. The highest BCUT2D eigenvalue weighted by Crippen LogP contribution is 2.29. The monoisotopic (exact) mass is 502 g/mol. The number of hydrogen-bond acceptors (Lipinski definition) is 5. The van der Waals surface area contributed by atoms with Crippen molar-refractivity contribution >= 4 is 44.0 Å². The van der Waals surface area contributed by atoms with Crippen molar-refractivity contribution in [3.8, 4) is 0 Å². The molecule has 0 spiro atoms. The van der Waals surface area contributed by atoms with Crippen molar-refractivity contribution in [1.29, 1.82) is 0 Å². The third-order valence-electron chi connectivity index (χ3n) is 5.70. The average molecular weight is 503 g/mol. The maximum absolute atomic E-state index is 13.0. The van der Waals surface area contributed by atoms with Crippen LogP contribution >= 0.6 is 15.9 Å². The summed E-state index contributed by atoms with van der Waals surface area (Å²) in [5, 5.41) is 1.04. The lowest BCUT2D eigenvalue weighted by atomic mass is 10.0. The Morgan fingerprint density at radius 1 is 1.25 bits per heavy atom. The minimum atomic E-state index is -0.518. The van der Waals surface area contributed by atoms with Gasteiger partial charge in [-0.15, -0.1) is 0 Å². The maximum atomic E-state index is 13.0. The number of hydrogen-bond donors (Lipinski definition) is 0. The number of benzene rings is 1. The van der Waals surface area contributed by atoms with Gasteiger partial charge in [0.2, 0.25) is 0 Å². The molecule has 4 rings (SSSR count). The zero-order valence-corrected chi connectivity index (χ0v) is 20.8. The molecule has 0 saturated carbocycles. The van der Waals surface area contributed by atoms with E-state index in [4.69, 9.17) is 14.5 Å². The van der Waals surface area contributed by atoms with Crippen LogP contribution in [-0.4, -0.2) is 50.3 Å². The highest BCUT2D eigenvalue weighted by molar-refractivity contribution is 9.10. The lowest BCUT2D eigenvalue weighted by Gasteiger charge is -2.37. The van der Waals surface area contributed by atoms with Crippen LogP contribution in [0.25, 0.3) is 21.9 Å². The third kappa shape index (κ3) is 4.91. The quantitative estimate of drug-likeness (QED) is 0.449. The second kappa shape index (κ2) is 9.35. The Balaban J connectivity index is 1.76. The van der Waals surface area contributed by atoms with Crippen molar-refractivity contribution in [2.45, 2.75) is 71.8 Å². The van der Waals surface area contributed by atoms with E-state index in [1.165, 1.54) is 0 Å². The van der Waals surface area contributed by atoms with E-state index in [-0.39, 0.29) is 12.1 Å². The van der Waals surface area contributed by atoms with E-state index in [0.29, 0.717) is 26.3 Å². The van der Waals surface area contributed by atoms with Gasteiger partial charge in [0.05, 0.1) is 23.3 Å². The van der Waals surface area contributed by atoms with E-state index in [2.05, 4.69) is 31.5 Å². The maximum Gasteiger partial charge on any atom is 0.410 e. The summed E-state index contributed by atoms with van der Waals surface area (Å²) in [7, 11) is 0. The van der Waals surface area contributed by atoms with E-state index in [1.54, 1.807) is 0 Å². The Hall–Kier alpha value is -2.19. The van der Waals surface area contributed by atoms with Crippen molar-refractivity contribution in [3.05, 3.63) is 34.7 Å². The third-order valence-corrected chi connectivity index (χ3v) is 6.19. The largest absolute Gasteiger partial charge is 0.444 e. The van der Waals surface area contributed by atoms with Crippen LogP contribution in [0.1, 0.15) is 52.8 Å². The number of rotatable bonds is 5. The summed E-state index contributed by atoms with van der Waals surface area (Å²) >= 11 is 3.54. The molecule has 7 nitrogen and oxygen atoms in total. The second-order valence-corrected chi connectivity index (χ2v) is 10.2. The zero-order chi connectivity index (χ0) is 22.9. The Morgan fingerprint density at radius 3 is 2.81 bits per heavy atom. The van der Waals surface area contributed by atoms with Crippen molar-refractivity contribution in [2.24, 2.45) is 0 Å². The first-order valence-electron chi connectivity index (χ1n) is 11.3. The number of pyridine rings is 1. The summed E-state index contributed by atoms with van der Waals surface area (Å²) < 4.78 is 14.7. The Morgan fingerprint density at radius 2 is 2.06 bits per heavy atom. The molecule has 0 bridgehead atoms. The van der Waals surface area contributed by atoms with E-state index in [9.17, 15) is 4.79 Å². The molecule has 3 aromatic rings. The van der Waals surface area contributed by atoms with Gasteiger partial charge in [-0.3, -0.25) is 4.98 Å². The van der Waals surface area contributed by atoms with Gasteiger partial charge in [0.25, 0.3) is 0 Å². The number of carbonyl (C=O) groups excluding carboxylic acids is 1. The highest BCUT2D eigenvalue weighted by atomic mass is 79.9. The zero-order valence-electron chi connectivity index (χ0n) is 19.2. The molecule has 32 heavy (non-hydrogen) atoms. The van der Waals surface area contributed by atoms with Gasteiger partial charge in [-0.25, -0.2) is 9.78 Å². The molecule has 1 aromatic carbocycles. The molecule has 3 heterocycles. The van der Waals surface area contributed by atoms with Crippen LogP contribution in [0.3, 0.4) is 0 Å². The molecule has 1 unspecified atom stereocenters. The number of likely N-dealkylation sites (tertiary alicyclic amines) is 1. The van der Waals surface area contributed by atoms with E-state index in [1.807, 2.05) is 50.9 Å². The van der Waals surface area contributed by atoms with Gasteiger partial charge in [-0.1, -0.05) is 15.9 Å². The normalized spacial score (nSPS) is 17.3. The number of nitrogens with zero attached hydrogens (tertiary/aromatic N) is 4. The van der Waals surface area contributed by atoms with Gasteiger partial charge in [0, 0.05) is 29.6 Å². The number of aromatic nitrogens is 3. The van der Waals surface area contributed by atoms with Gasteiger partial charge in [0.15, 0.2) is 0 Å². The molecular formula is C24H31BrN4O3. The smallest absolute Gasteiger partial charge is 0.410 e. The summed E-state index contributed by atoms with van der Waals surface area (Å²) in [4.78, 5) is 24.3. The van der Waals surface area contributed by atoms with Crippen LogP contribution in [0.5, 0.6) is 0 Å². The SMILES string of the molecule is CCOCc1nc2cnc3cc(Br)ccc3c2n1CC1CCCCN1C(=O)OC(C)(C)C. The summed E-state index contributed by atoms with van der Waals surface area (Å²) in [6.07, 6.45) is 4.59. The number of piperidine rings is 1. The number of halogens is 1. The number of carbonyl (C=O) groups is 1. The molecule has 1 aliphatic heterocycles. The van der Waals surface area contributed by atoms with E-state index < -0.39 is 5.60 Å². The van der Waals surface area contributed by atoms with Crippen LogP contribution in [0.2, 0.25) is 0 Å². The summed E-state index contributed by atoms with van der Waals surface area (Å²) in [5.74, 6) is 0.855. The number of amides is 1. The summed E-state index contributed by atoms with van der Waals surface area (Å²) in [6.45, 7) is 10.1. The fourth-order valence-electron chi connectivity index (χ4n) is 4.30. The molecule has 8 heteroatoms. The van der Waals surface area contributed by atoms with Crippen LogP contribution < -0.4 is 0 Å². The molecule has 0 aliphatic carbocycles. The van der Waals surface area contributed by atoms with Gasteiger partial charge in [-0.2, -0.15) is 0 Å². The van der Waals surface area contributed by atoms with Crippen molar-refractivity contribution in [1.82, 2.24) is 19.4 Å². The van der Waals surface area contributed by atoms with Crippen LogP contribution in [0, 0.1) is 0 Å². The highest BCUT2D eigenvalue weighted by Gasteiger charge is 2.31. The van der Waals surface area contributed by atoms with Crippen LogP contribution in [0.15, 0.2) is 28.9 Å². The predicted molar refractivity (Wildman–Crippen MR) is 129 cm³/mol. The second-order valence-electron chi connectivity index (χ2n) is 9.25. The first-order valence-corrected chi connectivity index (χ1v) is 12.1. The van der Waals surface area contributed by atoms with Gasteiger partial charge in [0.1, 0.15) is 23.5 Å². The predicted octanol–water partition coefficient (Wildman–Crippen LogP) is 5.67. The van der Waals surface area contributed by atoms with Gasteiger partial charge in [-0.05, 0) is 65.2 Å². The summed E-state index contributed by atoms with van der Waals surface area (Å²) in [6, 6.07) is 6.15. The molecule has 1 fully saturated rings. The fourth-order valence-corrected chi connectivity index (χ4v) is 4.65. The molecule has 1 aliphatic rings. The Bertz CT molecular complexity index is 1120. The van der Waals surface area contributed by atoms with E-state index in [0.717, 1.165) is 51.5 Å². The first-order chi connectivity index (χ1) is 15.3. The van der Waals surface area contributed by atoms with Crippen molar-refractivity contribution in [2.75, 3.05) is 13.2 Å². The molecule has 172 valence electrons. The average Bonchev–Trinajstić information content (AvgIpc) is 3.08. The molecule has 2 aromatic heterocycles. The molecule has 0 radical (unpaired) electrons. The van der Waals surface area contributed by atoms with Crippen molar-refractivity contribution < 1.29 is 14.3 Å². The standard InChI is InChI=1S/C24H31BrN4O3/c1-5-31-15-21-27-20-13-26-19-12-16(25)9-10-18(19)22(20)29(21)14-17-8-6-7-11-28(17)23(30)32-24(2,3)4/h9-10,12-13,17H,5-8,11,14-15H2,1-4H3. The van der Waals surface area contributed by atoms with Crippen LogP contribution in [-0.2, 0) is 22.6 Å². The molecular weight excluding hydrogens is 472 g/mol. The number of imidazole rings is 1. The fraction of sp³-hybridized carbons (Fsp3) is 0.542. The summed E-state index contributed by atoms with van der Waals surface area (Å²) in [5.41, 5.74) is 2.26. The number of ether oxygens (including phenoxy) is 2. The van der Waals surface area contributed by atoms with Gasteiger partial charge >= 0.3 is 6.09 Å².